The lowest BCUT2D eigenvalue weighted by Crippen LogP contribution is -2.45. The fraction of sp³-hybridized carbons (Fsp3) is 0.250. The van der Waals surface area contributed by atoms with E-state index in [-0.39, 0.29) is 0 Å². The van der Waals surface area contributed by atoms with Crippen molar-refractivity contribution in [2.75, 3.05) is 31.1 Å². The van der Waals surface area contributed by atoms with Crippen LogP contribution in [0.4, 0.5) is 5.82 Å². The van der Waals surface area contributed by atoms with E-state index in [1.54, 1.807) is 6.21 Å². The quantitative estimate of drug-likeness (QED) is 0.808. The van der Waals surface area contributed by atoms with Gasteiger partial charge in [-0.05, 0) is 18.2 Å². The number of H-pyrrole nitrogens is 1. The van der Waals surface area contributed by atoms with Gasteiger partial charge in [0.15, 0.2) is 0 Å². The standard InChI is InChI=1S/C16H16Cl2N4/c17-14-4-3-5-15(18)13(14)12-20-22-10-8-21(9-11-22)16-6-1-2-7-19-16/h1-7,12H,8-11H2/p+1. The van der Waals surface area contributed by atoms with Crippen molar-refractivity contribution in [2.24, 2.45) is 5.10 Å². The van der Waals surface area contributed by atoms with Crippen molar-refractivity contribution in [2.45, 2.75) is 0 Å². The lowest BCUT2D eigenvalue weighted by atomic mass is 10.2. The Morgan fingerprint density at radius 2 is 1.68 bits per heavy atom. The Bertz CT molecular complexity index is 632. The molecule has 0 radical (unpaired) electrons. The summed E-state index contributed by atoms with van der Waals surface area (Å²) in [5.41, 5.74) is 0.768. The molecule has 0 saturated carbocycles. The number of rotatable bonds is 3. The smallest absolute Gasteiger partial charge is 0.274 e. The Labute approximate surface area is 140 Å². The highest BCUT2D eigenvalue weighted by Crippen LogP contribution is 2.22. The molecule has 0 unspecified atom stereocenters. The Kier molecular flexibility index (Phi) is 4.80. The number of pyridine rings is 1. The molecule has 2 aromatic rings. The summed E-state index contributed by atoms with van der Waals surface area (Å²) in [6, 6.07) is 11.6. The van der Waals surface area contributed by atoms with Crippen LogP contribution in [0.2, 0.25) is 10.0 Å². The number of hydrogen-bond acceptors (Lipinski definition) is 3. The van der Waals surface area contributed by atoms with Crippen LogP contribution in [0.3, 0.4) is 0 Å². The number of halogens is 2. The van der Waals surface area contributed by atoms with Crippen molar-refractivity contribution in [1.29, 1.82) is 0 Å². The van der Waals surface area contributed by atoms with Gasteiger partial charge in [0, 0.05) is 11.6 Å². The Balaban J connectivity index is 1.61. The monoisotopic (exact) mass is 335 g/mol. The van der Waals surface area contributed by atoms with Crippen LogP contribution in [0.1, 0.15) is 5.56 Å². The number of aromatic nitrogens is 1. The first-order valence-corrected chi connectivity index (χ1v) is 7.94. The maximum Gasteiger partial charge on any atom is 0.274 e. The summed E-state index contributed by atoms with van der Waals surface area (Å²) in [6.07, 6.45) is 3.69. The van der Waals surface area contributed by atoms with Crippen molar-refractivity contribution < 1.29 is 4.98 Å². The van der Waals surface area contributed by atoms with E-state index in [4.69, 9.17) is 23.2 Å². The first-order chi connectivity index (χ1) is 10.7. The zero-order valence-electron chi connectivity index (χ0n) is 12.0. The van der Waals surface area contributed by atoms with E-state index in [1.807, 2.05) is 41.5 Å². The summed E-state index contributed by atoms with van der Waals surface area (Å²) >= 11 is 12.3. The Morgan fingerprint density at radius 3 is 2.32 bits per heavy atom. The molecule has 6 heteroatoms. The zero-order valence-corrected chi connectivity index (χ0v) is 13.6. The Hall–Kier alpha value is -1.78. The lowest BCUT2D eigenvalue weighted by molar-refractivity contribution is -0.364. The molecule has 0 amide bonds. The normalized spacial score (nSPS) is 15.5. The zero-order chi connectivity index (χ0) is 15.4. The molecular weight excluding hydrogens is 319 g/mol. The van der Waals surface area contributed by atoms with Crippen LogP contribution in [0, 0.1) is 0 Å². The summed E-state index contributed by atoms with van der Waals surface area (Å²) in [5.74, 6) is 1.14. The maximum absolute atomic E-state index is 6.14. The highest BCUT2D eigenvalue weighted by atomic mass is 35.5. The summed E-state index contributed by atoms with van der Waals surface area (Å²) in [6.45, 7) is 3.57. The van der Waals surface area contributed by atoms with Gasteiger partial charge in [-0.15, -0.1) is 0 Å². The molecule has 3 rings (SSSR count). The molecule has 1 saturated heterocycles. The van der Waals surface area contributed by atoms with Crippen molar-refractivity contribution in [3.8, 4) is 0 Å². The van der Waals surface area contributed by atoms with Gasteiger partial charge >= 0.3 is 0 Å². The molecule has 2 heterocycles. The highest BCUT2D eigenvalue weighted by Gasteiger charge is 2.21. The van der Waals surface area contributed by atoms with Crippen LogP contribution in [0.25, 0.3) is 0 Å². The number of nitrogens with one attached hydrogen (secondary N) is 1. The van der Waals surface area contributed by atoms with Crippen LogP contribution in [-0.2, 0) is 0 Å². The van der Waals surface area contributed by atoms with Gasteiger partial charge in [0.2, 0.25) is 0 Å². The van der Waals surface area contributed by atoms with Gasteiger partial charge in [0.05, 0.1) is 35.5 Å². The summed E-state index contributed by atoms with van der Waals surface area (Å²) in [5, 5.41) is 7.79. The molecule has 1 aromatic heterocycles. The third-order valence-electron chi connectivity index (χ3n) is 3.64. The third kappa shape index (κ3) is 3.51. The van der Waals surface area contributed by atoms with Gasteiger partial charge in [-0.3, -0.25) is 9.91 Å². The van der Waals surface area contributed by atoms with Crippen LogP contribution in [0.5, 0.6) is 0 Å². The first-order valence-electron chi connectivity index (χ1n) is 7.18. The molecule has 1 aliphatic rings. The lowest BCUT2D eigenvalue weighted by Gasteiger charge is -2.28. The summed E-state index contributed by atoms with van der Waals surface area (Å²) < 4.78 is 0. The molecule has 1 N–H and O–H groups in total. The number of hydrazone groups is 1. The van der Waals surface area contributed by atoms with Gasteiger partial charge in [0.25, 0.3) is 5.82 Å². The predicted molar refractivity (Wildman–Crippen MR) is 90.8 cm³/mol. The summed E-state index contributed by atoms with van der Waals surface area (Å²) in [7, 11) is 0. The molecule has 0 aliphatic carbocycles. The fourth-order valence-corrected chi connectivity index (χ4v) is 2.90. The molecule has 1 aliphatic heterocycles. The van der Waals surface area contributed by atoms with Crippen molar-refractivity contribution in [3.63, 3.8) is 0 Å². The number of benzene rings is 1. The average molecular weight is 336 g/mol. The van der Waals surface area contributed by atoms with Crippen LogP contribution in [0.15, 0.2) is 47.7 Å². The largest absolute Gasteiger partial charge is 0.289 e. The van der Waals surface area contributed by atoms with Gasteiger partial charge < -0.3 is 0 Å². The number of nitrogens with zero attached hydrogens (tertiary/aromatic N) is 3. The second-order valence-corrected chi connectivity index (χ2v) is 5.88. The topological polar surface area (TPSA) is 33.0 Å². The van der Waals surface area contributed by atoms with E-state index >= 15 is 0 Å². The minimum Gasteiger partial charge on any atom is -0.289 e. The minimum absolute atomic E-state index is 0.619. The second kappa shape index (κ2) is 6.99. The fourth-order valence-electron chi connectivity index (χ4n) is 2.41. The van der Waals surface area contributed by atoms with Gasteiger partial charge in [-0.25, -0.2) is 4.98 Å². The number of aromatic amines is 1. The van der Waals surface area contributed by atoms with E-state index in [0.29, 0.717) is 10.0 Å². The van der Waals surface area contributed by atoms with Crippen LogP contribution < -0.4 is 9.88 Å². The Morgan fingerprint density at radius 1 is 0.955 bits per heavy atom. The molecule has 4 nitrogen and oxygen atoms in total. The number of anilines is 1. The van der Waals surface area contributed by atoms with E-state index < -0.39 is 0 Å². The number of piperazine rings is 1. The van der Waals surface area contributed by atoms with Crippen molar-refractivity contribution in [3.05, 3.63) is 58.2 Å². The molecule has 1 aromatic carbocycles. The molecule has 0 spiro atoms. The second-order valence-electron chi connectivity index (χ2n) is 5.07. The van der Waals surface area contributed by atoms with Crippen LogP contribution >= 0.6 is 23.2 Å². The van der Waals surface area contributed by atoms with Crippen LogP contribution in [-0.4, -0.2) is 37.4 Å². The van der Waals surface area contributed by atoms with Crippen molar-refractivity contribution in [1.82, 2.24) is 5.01 Å². The molecular formula is C16H17Cl2N4+. The number of hydrogen-bond donors (Lipinski definition) is 0. The maximum atomic E-state index is 6.14. The third-order valence-corrected chi connectivity index (χ3v) is 4.30. The molecule has 1 fully saturated rings. The van der Waals surface area contributed by atoms with Gasteiger partial charge in [0.1, 0.15) is 13.1 Å². The van der Waals surface area contributed by atoms with E-state index in [0.717, 1.165) is 37.6 Å². The van der Waals surface area contributed by atoms with Gasteiger partial charge in [-0.2, -0.15) is 5.10 Å². The van der Waals surface area contributed by atoms with E-state index in [9.17, 15) is 0 Å². The molecule has 22 heavy (non-hydrogen) atoms. The average Bonchev–Trinajstić information content (AvgIpc) is 2.56. The molecule has 0 bridgehead atoms. The first kappa shape index (κ1) is 15.1. The van der Waals surface area contributed by atoms with E-state index in [2.05, 4.69) is 21.1 Å². The predicted octanol–water partition coefficient (Wildman–Crippen LogP) is 2.96. The molecule has 114 valence electrons. The van der Waals surface area contributed by atoms with Crippen molar-refractivity contribution >= 4 is 35.2 Å². The molecule has 0 atom stereocenters. The SMILES string of the molecule is Clc1cccc(Cl)c1C=NN1CCN(c2cccc[nH+]2)CC1. The highest BCUT2D eigenvalue weighted by molar-refractivity contribution is 6.38. The summed E-state index contributed by atoms with van der Waals surface area (Å²) in [4.78, 5) is 5.57. The van der Waals surface area contributed by atoms with E-state index in [1.165, 1.54) is 0 Å². The van der Waals surface area contributed by atoms with Gasteiger partial charge in [-0.1, -0.05) is 35.3 Å². The minimum atomic E-state index is 0.619.